The van der Waals surface area contributed by atoms with Gasteiger partial charge in [0.15, 0.2) is 11.6 Å². The summed E-state index contributed by atoms with van der Waals surface area (Å²) >= 11 is 0. The SMILES string of the molecule is O=S(=O)(Cl)N1CCCC1.[C-]#[N+]c1cnc2[nH]cc(C(=O)c3c(F)ccc(N)c3F)c2c1.[C-]#[N+]c1cnc2[nH]cc(C(=O)c3c(F)ccc(NS(=O)(=O)N4CCCC4)c3F)c2c1. The molecule has 316 valence electrons. The van der Waals surface area contributed by atoms with Crippen LogP contribution in [0, 0.1) is 36.4 Å². The molecule has 8 rings (SSSR count). The maximum atomic E-state index is 15.1. The summed E-state index contributed by atoms with van der Waals surface area (Å²) in [4.78, 5) is 45.3. The zero-order chi connectivity index (χ0) is 44.2. The number of nitrogens with two attached hydrogens (primary N) is 1. The van der Waals surface area contributed by atoms with Gasteiger partial charge in [-0.1, -0.05) is 0 Å². The van der Waals surface area contributed by atoms with E-state index in [-0.39, 0.29) is 39.2 Å². The van der Waals surface area contributed by atoms with Gasteiger partial charge in [0.1, 0.15) is 22.9 Å². The summed E-state index contributed by atoms with van der Waals surface area (Å²) in [6.07, 6.45) is 8.44. The molecular formula is C38H31ClF4N10O6S2. The third-order valence-corrected chi connectivity index (χ3v) is 12.6. The fourth-order valence-electron chi connectivity index (χ4n) is 6.41. The molecule has 0 unspecified atom stereocenters. The van der Waals surface area contributed by atoms with Crippen LogP contribution in [0.15, 0.2) is 61.2 Å². The minimum atomic E-state index is -4.03. The van der Waals surface area contributed by atoms with Crippen molar-refractivity contribution >= 4 is 86.5 Å². The number of aromatic nitrogens is 4. The normalized spacial score (nSPS) is 14.4. The highest BCUT2D eigenvalue weighted by molar-refractivity contribution is 8.11. The Balaban J connectivity index is 0.000000175. The maximum Gasteiger partial charge on any atom is 0.301 e. The Morgan fingerprint density at radius 2 is 1.16 bits per heavy atom. The van der Waals surface area contributed by atoms with E-state index in [1.807, 2.05) is 0 Å². The van der Waals surface area contributed by atoms with Gasteiger partial charge >= 0.3 is 10.2 Å². The number of ketones is 2. The number of nitrogen functional groups attached to an aromatic ring is 1. The van der Waals surface area contributed by atoms with Gasteiger partial charge in [-0.25, -0.2) is 27.3 Å². The first-order chi connectivity index (χ1) is 28.9. The highest BCUT2D eigenvalue weighted by atomic mass is 35.7. The van der Waals surface area contributed by atoms with Crippen molar-refractivity contribution in [3.8, 4) is 0 Å². The van der Waals surface area contributed by atoms with Crippen molar-refractivity contribution in [1.82, 2.24) is 28.5 Å². The lowest BCUT2D eigenvalue weighted by atomic mass is 10.0. The number of nitrogens with one attached hydrogen (secondary N) is 3. The van der Waals surface area contributed by atoms with Crippen molar-refractivity contribution in [3.05, 3.63) is 130 Å². The monoisotopic (exact) mass is 898 g/mol. The number of benzene rings is 2. The molecule has 23 heteroatoms. The highest BCUT2D eigenvalue weighted by Crippen LogP contribution is 2.30. The molecule has 0 atom stereocenters. The van der Waals surface area contributed by atoms with E-state index in [1.165, 1.54) is 41.2 Å². The second kappa shape index (κ2) is 18.0. The molecule has 0 amide bonds. The molecule has 0 bridgehead atoms. The third-order valence-electron chi connectivity index (χ3n) is 9.46. The molecule has 2 aromatic carbocycles. The Labute approximate surface area is 349 Å². The lowest BCUT2D eigenvalue weighted by Crippen LogP contribution is -2.33. The van der Waals surface area contributed by atoms with Crippen LogP contribution in [0.1, 0.15) is 57.5 Å². The molecule has 16 nitrogen and oxygen atoms in total. The van der Waals surface area contributed by atoms with Crippen molar-refractivity contribution in [2.75, 3.05) is 36.6 Å². The summed E-state index contributed by atoms with van der Waals surface area (Å²) in [6, 6.07) is 6.56. The van der Waals surface area contributed by atoms with Crippen LogP contribution in [0.4, 0.5) is 40.3 Å². The minimum absolute atomic E-state index is 0.0244. The smallest absolute Gasteiger partial charge is 0.301 e. The number of hydrogen-bond donors (Lipinski definition) is 4. The van der Waals surface area contributed by atoms with Crippen molar-refractivity contribution in [1.29, 1.82) is 0 Å². The van der Waals surface area contributed by atoms with E-state index >= 15 is 4.39 Å². The van der Waals surface area contributed by atoms with Gasteiger partial charge in [0.05, 0.1) is 35.6 Å². The van der Waals surface area contributed by atoms with Gasteiger partial charge < -0.3 is 15.7 Å². The Morgan fingerprint density at radius 3 is 1.61 bits per heavy atom. The molecule has 2 aliphatic heterocycles. The van der Waals surface area contributed by atoms with Crippen LogP contribution in [-0.2, 0) is 19.4 Å². The molecule has 5 N–H and O–H groups in total. The highest BCUT2D eigenvalue weighted by Gasteiger charge is 2.30. The van der Waals surface area contributed by atoms with Gasteiger partial charge in [0.2, 0.25) is 22.9 Å². The van der Waals surface area contributed by atoms with Crippen molar-refractivity contribution in [2.45, 2.75) is 25.7 Å². The summed E-state index contributed by atoms with van der Waals surface area (Å²) in [6.45, 7) is 15.8. The molecule has 4 aromatic heterocycles. The van der Waals surface area contributed by atoms with E-state index in [1.54, 1.807) is 0 Å². The number of aromatic amines is 2. The fraction of sp³-hybridized carbons (Fsp3) is 0.211. The predicted octanol–water partition coefficient (Wildman–Crippen LogP) is 7.15. The molecule has 0 aliphatic carbocycles. The standard InChI is InChI=1S/C19H15F2N5O3S.C15H8F2N4O.C4H8ClNO2S/c1-22-11-8-12-13(10-24-19(12)23-9-11)18(27)16-14(20)4-5-15(17(16)21)25-30(28,29)26-6-2-3-7-26;1-19-7-4-8-9(6-21-15(8)20-5-7)14(22)12-10(16)2-3-11(18)13(12)17;5-9(7,8)6-3-1-2-4-6/h4-5,8-10,25H,2-3,6-7H2,(H,23,24);2-6H,18H2,(H,20,21);1-4H2. The lowest BCUT2D eigenvalue weighted by molar-refractivity contribution is 0.102. The number of fused-ring (bicyclic) bond motifs is 2. The molecule has 6 aromatic rings. The molecule has 0 spiro atoms. The van der Waals surface area contributed by atoms with Crippen LogP contribution >= 0.6 is 10.7 Å². The van der Waals surface area contributed by atoms with E-state index in [0.717, 1.165) is 41.4 Å². The average molecular weight is 899 g/mol. The van der Waals surface area contributed by atoms with Crippen LogP contribution in [0.3, 0.4) is 0 Å². The van der Waals surface area contributed by atoms with E-state index in [9.17, 15) is 39.6 Å². The predicted molar refractivity (Wildman–Crippen MR) is 218 cm³/mol. The van der Waals surface area contributed by atoms with Crippen molar-refractivity contribution in [2.24, 2.45) is 0 Å². The molecule has 6 heterocycles. The number of carbonyl (C=O) groups excluding carboxylic acids is 2. The van der Waals surface area contributed by atoms with Crippen molar-refractivity contribution < 1.29 is 44.0 Å². The fourth-order valence-corrected chi connectivity index (χ4v) is 8.82. The number of rotatable bonds is 8. The number of hydrogen-bond acceptors (Lipinski definition) is 9. The van der Waals surface area contributed by atoms with Crippen LogP contribution in [-0.4, -0.2) is 83.1 Å². The first kappa shape index (κ1) is 44.1. The molecule has 0 saturated carbocycles. The topological polar surface area (TPSA) is 213 Å². The largest absolute Gasteiger partial charge is 0.396 e. The van der Waals surface area contributed by atoms with Crippen LogP contribution < -0.4 is 10.5 Å². The first-order valence-electron chi connectivity index (χ1n) is 17.9. The average Bonchev–Trinajstić information content (AvgIpc) is 4.08. The molecule has 2 saturated heterocycles. The maximum absolute atomic E-state index is 15.1. The number of anilines is 2. The summed E-state index contributed by atoms with van der Waals surface area (Å²) < 4.78 is 108. The van der Waals surface area contributed by atoms with Crippen LogP contribution in [0.25, 0.3) is 31.8 Å². The summed E-state index contributed by atoms with van der Waals surface area (Å²) in [5.41, 5.74) is 3.86. The van der Waals surface area contributed by atoms with E-state index < -0.39 is 71.1 Å². The Kier molecular flexibility index (Phi) is 13.1. The number of H-pyrrole nitrogens is 2. The summed E-state index contributed by atoms with van der Waals surface area (Å²) in [7, 11) is -2.39. The zero-order valence-corrected chi connectivity index (χ0v) is 33.7. The van der Waals surface area contributed by atoms with E-state index in [0.29, 0.717) is 50.1 Å². The lowest BCUT2D eigenvalue weighted by Gasteiger charge is -2.18. The first-order valence-corrected chi connectivity index (χ1v) is 21.6. The summed E-state index contributed by atoms with van der Waals surface area (Å²) in [5, 5.41) is 0.551. The van der Waals surface area contributed by atoms with Gasteiger partial charge in [-0.05, 0) is 62.1 Å². The van der Waals surface area contributed by atoms with E-state index in [4.69, 9.17) is 29.6 Å². The van der Waals surface area contributed by atoms with Crippen molar-refractivity contribution in [3.63, 3.8) is 0 Å². The number of carbonyl (C=O) groups is 2. The number of halogens is 5. The Bertz CT molecular complexity index is 3010. The van der Waals surface area contributed by atoms with Crippen LogP contribution in [0.5, 0.6) is 0 Å². The quantitative estimate of drug-likeness (QED) is 0.0401. The second-order valence-corrected chi connectivity index (χ2v) is 17.5. The van der Waals surface area contributed by atoms with Gasteiger partial charge in [0.25, 0.3) is 9.24 Å². The molecule has 2 aliphatic rings. The van der Waals surface area contributed by atoms with Crippen LogP contribution in [0.2, 0.25) is 0 Å². The molecule has 61 heavy (non-hydrogen) atoms. The van der Waals surface area contributed by atoms with Gasteiger partial charge in [-0.3, -0.25) is 24.3 Å². The van der Waals surface area contributed by atoms with Gasteiger partial charge in [0, 0.05) is 83.5 Å². The minimum Gasteiger partial charge on any atom is -0.396 e. The Hall–Kier alpha value is -6.43. The van der Waals surface area contributed by atoms with E-state index in [2.05, 4.69) is 34.3 Å². The van der Waals surface area contributed by atoms with Gasteiger partial charge in [-0.2, -0.15) is 25.4 Å². The molecule has 0 radical (unpaired) electrons. The number of pyridine rings is 2. The second-order valence-electron chi connectivity index (χ2n) is 13.3. The number of nitrogens with zero attached hydrogens (tertiary/aromatic N) is 6. The Morgan fingerprint density at radius 1 is 0.721 bits per heavy atom. The zero-order valence-electron chi connectivity index (χ0n) is 31.3. The molecule has 2 fully saturated rings. The third kappa shape index (κ3) is 9.48. The summed E-state index contributed by atoms with van der Waals surface area (Å²) in [5.74, 6) is -6.41. The molecular weight excluding hydrogens is 868 g/mol. The van der Waals surface area contributed by atoms with Gasteiger partial charge in [-0.15, -0.1) is 0 Å².